The van der Waals surface area contributed by atoms with Gasteiger partial charge in [0.25, 0.3) is 0 Å². The van der Waals surface area contributed by atoms with Crippen LogP contribution in [-0.2, 0) is 6.54 Å². The van der Waals surface area contributed by atoms with E-state index in [1.807, 2.05) is 18.2 Å². The van der Waals surface area contributed by atoms with Gasteiger partial charge in [0, 0.05) is 6.54 Å². The van der Waals surface area contributed by atoms with Gasteiger partial charge in [0.1, 0.15) is 0 Å². The average molecular weight is 211 g/mol. The molecule has 1 aliphatic heterocycles. The molecule has 3 heteroatoms. The molecule has 0 aromatic heterocycles. The fraction of sp³-hybridized carbons (Fsp3) is 0.385. The van der Waals surface area contributed by atoms with E-state index < -0.39 is 0 Å². The Morgan fingerprint density at radius 1 is 1.38 bits per heavy atom. The van der Waals surface area contributed by atoms with Crippen molar-refractivity contribution in [1.82, 2.24) is 4.90 Å². The lowest BCUT2D eigenvalue weighted by Gasteiger charge is -2.18. The minimum atomic E-state index is 0.0470. The molecule has 1 aliphatic rings. The third-order valence-corrected chi connectivity index (χ3v) is 2.95. The van der Waals surface area contributed by atoms with E-state index in [0.717, 1.165) is 31.5 Å². The molecule has 0 N–H and O–H groups in total. The van der Waals surface area contributed by atoms with Gasteiger partial charge in [-0.15, -0.1) is 0 Å². The molecule has 1 saturated heterocycles. The molecule has 1 atom stereocenters. The van der Waals surface area contributed by atoms with Crippen LogP contribution in [0.25, 0.3) is 0 Å². The molecule has 1 aromatic carbocycles. The van der Waals surface area contributed by atoms with E-state index in [0.29, 0.717) is 5.56 Å². The Labute approximate surface area is 95.5 Å². The van der Waals surface area contributed by atoms with Crippen LogP contribution in [0.15, 0.2) is 24.3 Å². The highest BCUT2D eigenvalue weighted by molar-refractivity contribution is 5.32. The number of rotatable bonds is 2. The maximum Gasteiger partial charge on any atom is 0.0991 e. The van der Waals surface area contributed by atoms with Crippen LogP contribution in [-0.4, -0.2) is 17.5 Å². The molecule has 1 unspecified atom stereocenters. The molecular weight excluding hydrogens is 198 g/mol. The second kappa shape index (κ2) is 4.79. The molecule has 0 bridgehead atoms. The predicted molar refractivity (Wildman–Crippen MR) is 60.2 cm³/mol. The summed E-state index contributed by atoms with van der Waals surface area (Å²) in [5.74, 6) is 0. The zero-order chi connectivity index (χ0) is 11.4. The van der Waals surface area contributed by atoms with Gasteiger partial charge in [0.2, 0.25) is 0 Å². The van der Waals surface area contributed by atoms with Gasteiger partial charge in [0.05, 0.1) is 23.7 Å². The predicted octanol–water partition coefficient (Wildman–Crippen LogP) is 2.05. The lowest BCUT2D eigenvalue weighted by molar-refractivity contribution is 0.286. The molecule has 1 aromatic rings. The number of likely N-dealkylation sites (tertiary alicyclic amines) is 1. The van der Waals surface area contributed by atoms with Crippen LogP contribution in [0.5, 0.6) is 0 Å². The Balaban J connectivity index is 2.09. The summed E-state index contributed by atoms with van der Waals surface area (Å²) in [7, 11) is 0. The summed E-state index contributed by atoms with van der Waals surface area (Å²) in [6.07, 6.45) is 2.06. The van der Waals surface area contributed by atoms with Crippen molar-refractivity contribution in [2.24, 2.45) is 0 Å². The van der Waals surface area contributed by atoms with E-state index in [-0.39, 0.29) is 6.04 Å². The number of nitrogens with zero attached hydrogens (tertiary/aromatic N) is 3. The first-order valence-corrected chi connectivity index (χ1v) is 5.46. The smallest absolute Gasteiger partial charge is 0.0991 e. The summed E-state index contributed by atoms with van der Waals surface area (Å²) < 4.78 is 0. The first kappa shape index (κ1) is 10.7. The second-order valence-electron chi connectivity index (χ2n) is 4.07. The van der Waals surface area contributed by atoms with Crippen LogP contribution in [0.3, 0.4) is 0 Å². The molecule has 3 nitrogen and oxygen atoms in total. The first-order chi connectivity index (χ1) is 7.83. The topological polar surface area (TPSA) is 50.8 Å². The van der Waals surface area contributed by atoms with Crippen LogP contribution in [0.2, 0.25) is 0 Å². The molecule has 80 valence electrons. The average Bonchev–Trinajstić information content (AvgIpc) is 2.76. The van der Waals surface area contributed by atoms with Crippen molar-refractivity contribution in [2.75, 3.05) is 6.54 Å². The summed E-state index contributed by atoms with van der Waals surface area (Å²) in [6.45, 7) is 1.75. The van der Waals surface area contributed by atoms with E-state index in [2.05, 4.69) is 17.0 Å². The molecule has 0 aliphatic carbocycles. The molecule has 16 heavy (non-hydrogen) atoms. The summed E-state index contributed by atoms with van der Waals surface area (Å²) in [4.78, 5) is 2.18. The van der Waals surface area contributed by atoms with Crippen LogP contribution in [0.1, 0.15) is 24.0 Å². The van der Waals surface area contributed by atoms with Gasteiger partial charge in [-0.05, 0) is 37.1 Å². The van der Waals surface area contributed by atoms with Crippen LogP contribution in [0.4, 0.5) is 0 Å². The Morgan fingerprint density at radius 2 is 2.25 bits per heavy atom. The Hall–Kier alpha value is -1.84. The third kappa shape index (κ3) is 2.21. The second-order valence-corrected chi connectivity index (χ2v) is 4.07. The summed E-state index contributed by atoms with van der Waals surface area (Å²) >= 11 is 0. The van der Waals surface area contributed by atoms with Crippen molar-refractivity contribution in [3.8, 4) is 12.1 Å². The normalized spacial score (nSPS) is 20.2. The minimum absolute atomic E-state index is 0.0470. The van der Waals surface area contributed by atoms with Crippen molar-refractivity contribution in [1.29, 1.82) is 10.5 Å². The van der Waals surface area contributed by atoms with Crippen LogP contribution in [0, 0.1) is 22.7 Å². The zero-order valence-corrected chi connectivity index (χ0v) is 9.06. The largest absolute Gasteiger partial charge is 0.284 e. The lowest BCUT2D eigenvalue weighted by atomic mass is 10.1. The van der Waals surface area contributed by atoms with Gasteiger partial charge >= 0.3 is 0 Å². The zero-order valence-electron chi connectivity index (χ0n) is 9.06. The quantitative estimate of drug-likeness (QED) is 0.752. The SMILES string of the molecule is N#Cc1cccc(CN2CCCC2C#N)c1. The standard InChI is InChI=1S/C13H13N3/c14-8-11-3-1-4-12(7-11)10-16-6-2-5-13(16)9-15/h1,3-4,7,13H,2,5-6,10H2. The highest BCUT2D eigenvalue weighted by Gasteiger charge is 2.23. The monoisotopic (exact) mass is 211 g/mol. The molecule has 1 heterocycles. The molecule has 0 radical (unpaired) electrons. The molecule has 0 saturated carbocycles. The van der Waals surface area contributed by atoms with E-state index in [9.17, 15) is 0 Å². The van der Waals surface area contributed by atoms with E-state index in [1.165, 1.54) is 0 Å². The Kier molecular flexibility index (Phi) is 3.19. The first-order valence-electron chi connectivity index (χ1n) is 5.46. The number of hydrogen-bond acceptors (Lipinski definition) is 3. The number of hydrogen-bond donors (Lipinski definition) is 0. The molecule has 0 amide bonds. The molecular formula is C13H13N3. The van der Waals surface area contributed by atoms with Crippen LogP contribution >= 0.6 is 0 Å². The number of nitriles is 2. The van der Waals surface area contributed by atoms with Crippen molar-refractivity contribution >= 4 is 0 Å². The Morgan fingerprint density at radius 3 is 3.00 bits per heavy atom. The van der Waals surface area contributed by atoms with E-state index in [1.54, 1.807) is 6.07 Å². The highest BCUT2D eigenvalue weighted by atomic mass is 15.2. The lowest BCUT2D eigenvalue weighted by Crippen LogP contribution is -2.27. The van der Waals surface area contributed by atoms with Gasteiger partial charge < -0.3 is 0 Å². The van der Waals surface area contributed by atoms with Crippen molar-refractivity contribution in [2.45, 2.75) is 25.4 Å². The number of benzene rings is 1. The minimum Gasteiger partial charge on any atom is -0.284 e. The molecule has 2 rings (SSSR count). The van der Waals surface area contributed by atoms with Gasteiger partial charge in [-0.1, -0.05) is 12.1 Å². The maximum atomic E-state index is 8.97. The molecule has 1 fully saturated rings. The molecule has 0 spiro atoms. The van der Waals surface area contributed by atoms with Gasteiger partial charge in [-0.3, -0.25) is 4.90 Å². The Bertz CT molecular complexity index is 453. The van der Waals surface area contributed by atoms with Gasteiger partial charge in [-0.25, -0.2) is 0 Å². The van der Waals surface area contributed by atoms with Gasteiger partial charge in [0.15, 0.2) is 0 Å². The fourth-order valence-electron chi connectivity index (χ4n) is 2.14. The van der Waals surface area contributed by atoms with E-state index >= 15 is 0 Å². The van der Waals surface area contributed by atoms with Crippen molar-refractivity contribution < 1.29 is 0 Å². The highest BCUT2D eigenvalue weighted by Crippen LogP contribution is 2.19. The summed E-state index contributed by atoms with van der Waals surface area (Å²) in [6, 6.07) is 12.1. The van der Waals surface area contributed by atoms with Crippen LogP contribution < -0.4 is 0 Å². The van der Waals surface area contributed by atoms with E-state index in [4.69, 9.17) is 10.5 Å². The van der Waals surface area contributed by atoms with Gasteiger partial charge in [-0.2, -0.15) is 10.5 Å². The maximum absolute atomic E-state index is 8.97. The summed E-state index contributed by atoms with van der Waals surface area (Å²) in [5.41, 5.74) is 1.80. The van der Waals surface area contributed by atoms with Crippen molar-refractivity contribution in [3.05, 3.63) is 35.4 Å². The van der Waals surface area contributed by atoms with Crippen molar-refractivity contribution in [3.63, 3.8) is 0 Å². The third-order valence-electron chi connectivity index (χ3n) is 2.95. The fourth-order valence-corrected chi connectivity index (χ4v) is 2.14. The summed E-state index contributed by atoms with van der Waals surface area (Å²) in [5, 5.41) is 17.8.